The third-order valence-corrected chi connectivity index (χ3v) is 3.57. The summed E-state index contributed by atoms with van der Waals surface area (Å²) in [6.45, 7) is 2.67. The number of hydrogen-bond donors (Lipinski definition) is 1. The highest BCUT2D eigenvalue weighted by Gasteiger charge is 2.20. The first kappa shape index (κ1) is 17.3. The lowest BCUT2D eigenvalue weighted by molar-refractivity contribution is -0.383. The maximum Gasteiger partial charge on any atom is 0.411 e. The first-order valence-electron chi connectivity index (χ1n) is 7.22. The third-order valence-electron chi connectivity index (χ3n) is 3.30. The molecule has 0 aliphatic carbocycles. The summed E-state index contributed by atoms with van der Waals surface area (Å²) in [7, 11) is 0. The zero-order chi connectivity index (χ0) is 16.7. The van der Waals surface area contributed by atoms with Crippen molar-refractivity contribution >= 4 is 34.8 Å². The van der Waals surface area contributed by atoms with Gasteiger partial charge >= 0.3 is 6.09 Å². The molecule has 1 N–H and O–H groups in total. The second-order valence-corrected chi connectivity index (χ2v) is 5.24. The number of morpholine rings is 1. The number of anilines is 2. The van der Waals surface area contributed by atoms with E-state index in [1.807, 2.05) is 4.90 Å². The van der Waals surface area contributed by atoms with E-state index in [1.165, 1.54) is 12.1 Å². The van der Waals surface area contributed by atoms with Gasteiger partial charge in [0, 0.05) is 30.7 Å². The number of rotatable bonds is 6. The van der Waals surface area contributed by atoms with E-state index in [4.69, 9.17) is 21.1 Å². The van der Waals surface area contributed by atoms with Gasteiger partial charge in [0.2, 0.25) is 0 Å². The summed E-state index contributed by atoms with van der Waals surface area (Å²) < 4.78 is 10.1. The molecule has 0 unspecified atom stereocenters. The molecule has 1 aromatic carbocycles. The molecule has 1 amide bonds. The van der Waals surface area contributed by atoms with Gasteiger partial charge in [-0.15, -0.1) is 11.6 Å². The van der Waals surface area contributed by atoms with Crippen LogP contribution in [-0.2, 0) is 9.47 Å². The molecule has 126 valence electrons. The molecule has 1 aromatic rings. The van der Waals surface area contributed by atoms with Crippen LogP contribution in [-0.4, -0.2) is 49.8 Å². The van der Waals surface area contributed by atoms with Gasteiger partial charge in [-0.3, -0.25) is 15.4 Å². The average molecular weight is 344 g/mol. The van der Waals surface area contributed by atoms with Crippen molar-refractivity contribution in [3.05, 3.63) is 28.3 Å². The molecule has 1 aliphatic heterocycles. The second-order valence-electron chi connectivity index (χ2n) is 4.86. The number of benzene rings is 1. The smallest absolute Gasteiger partial charge is 0.411 e. The Labute approximate surface area is 138 Å². The minimum atomic E-state index is -0.739. The SMILES string of the molecule is O=C(Nc1ccc(N2CCOCC2)cc1[N+](=O)[O-])OCCCCl. The first-order valence-corrected chi connectivity index (χ1v) is 7.76. The Morgan fingerprint density at radius 1 is 1.43 bits per heavy atom. The Hall–Kier alpha value is -2.06. The largest absolute Gasteiger partial charge is 0.449 e. The molecular formula is C14H18ClN3O5. The van der Waals surface area contributed by atoms with Crippen molar-refractivity contribution in [3.63, 3.8) is 0 Å². The highest BCUT2D eigenvalue weighted by molar-refractivity contribution is 6.17. The van der Waals surface area contributed by atoms with Crippen LogP contribution in [0, 0.1) is 10.1 Å². The lowest BCUT2D eigenvalue weighted by atomic mass is 10.2. The molecule has 1 aliphatic rings. The number of nitro groups is 1. The Bertz CT molecular complexity index is 563. The fourth-order valence-corrected chi connectivity index (χ4v) is 2.27. The normalized spacial score (nSPS) is 14.4. The van der Waals surface area contributed by atoms with Gasteiger partial charge in [-0.25, -0.2) is 4.79 Å². The highest BCUT2D eigenvalue weighted by Crippen LogP contribution is 2.30. The summed E-state index contributed by atoms with van der Waals surface area (Å²) in [6.07, 6.45) is -0.218. The molecule has 9 heteroatoms. The summed E-state index contributed by atoms with van der Waals surface area (Å²) in [5.74, 6) is 0.377. The zero-order valence-electron chi connectivity index (χ0n) is 12.5. The van der Waals surface area contributed by atoms with E-state index in [1.54, 1.807) is 6.07 Å². The van der Waals surface area contributed by atoms with Crippen molar-refractivity contribution < 1.29 is 19.2 Å². The number of ether oxygens (including phenoxy) is 2. The molecule has 1 heterocycles. The molecule has 8 nitrogen and oxygen atoms in total. The topological polar surface area (TPSA) is 93.9 Å². The maximum absolute atomic E-state index is 11.6. The molecule has 2 rings (SSSR count). The maximum atomic E-state index is 11.6. The van der Waals surface area contributed by atoms with Crippen LogP contribution in [0.4, 0.5) is 21.9 Å². The molecule has 0 saturated carbocycles. The van der Waals surface area contributed by atoms with Crippen LogP contribution in [0.5, 0.6) is 0 Å². The molecule has 0 spiro atoms. The number of hydrogen-bond acceptors (Lipinski definition) is 6. The molecule has 1 fully saturated rings. The van der Waals surface area contributed by atoms with Crippen LogP contribution < -0.4 is 10.2 Å². The predicted octanol–water partition coefficient (Wildman–Crippen LogP) is 2.61. The average Bonchev–Trinajstić information content (AvgIpc) is 2.56. The van der Waals surface area contributed by atoms with Crippen LogP contribution in [0.3, 0.4) is 0 Å². The molecule has 1 saturated heterocycles. The molecular weight excluding hydrogens is 326 g/mol. The lowest BCUT2D eigenvalue weighted by Gasteiger charge is -2.28. The van der Waals surface area contributed by atoms with E-state index in [0.717, 1.165) is 5.69 Å². The van der Waals surface area contributed by atoms with Gasteiger partial charge in [-0.05, 0) is 18.6 Å². The van der Waals surface area contributed by atoms with Crippen LogP contribution in [0.2, 0.25) is 0 Å². The summed E-state index contributed by atoms with van der Waals surface area (Å²) in [6, 6.07) is 4.68. The summed E-state index contributed by atoms with van der Waals surface area (Å²) in [5.41, 5.74) is 0.646. The fourth-order valence-electron chi connectivity index (χ4n) is 2.16. The molecule has 0 radical (unpaired) electrons. The van der Waals surface area contributed by atoms with E-state index in [-0.39, 0.29) is 18.0 Å². The number of nitrogens with zero attached hydrogens (tertiary/aromatic N) is 2. The number of carbonyl (C=O) groups excluding carboxylic acids is 1. The van der Waals surface area contributed by atoms with Crippen molar-refractivity contribution in [1.82, 2.24) is 0 Å². The van der Waals surface area contributed by atoms with Gasteiger partial charge in [0.15, 0.2) is 0 Å². The number of nitrogens with one attached hydrogen (secondary N) is 1. The number of amides is 1. The minimum absolute atomic E-state index is 0.0999. The van der Waals surface area contributed by atoms with Crippen LogP contribution in [0.1, 0.15) is 6.42 Å². The van der Waals surface area contributed by atoms with Gasteiger partial charge in [0.1, 0.15) is 5.69 Å². The summed E-state index contributed by atoms with van der Waals surface area (Å²) in [5, 5.41) is 13.6. The second kappa shape index (κ2) is 8.54. The van der Waals surface area contributed by atoms with Crippen molar-refractivity contribution in [1.29, 1.82) is 0 Å². The van der Waals surface area contributed by atoms with Crippen molar-refractivity contribution in [2.45, 2.75) is 6.42 Å². The quantitative estimate of drug-likeness (QED) is 0.369. The van der Waals surface area contributed by atoms with Gasteiger partial charge in [-0.2, -0.15) is 0 Å². The number of carbonyl (C=O) groups is 1. The Balaban J connectivity index is 2.09. The predicted molar refractivity (Wildman–Crippen MR) is 86.4 cm³/mol. The van der Waals surface area contributed by atoms with Crippen molar-refractivity contribution in [2.75, 3.05) is 49.0 Å². The van der Waals surface area contributed by atoms with Crippen LogP contribution in [0.15, 0.2) is 18.2 Å². The number of alkyl halides is 1. The van der Waals surface area contributed by atoms with Gasteiger partial charge < -0.3 is 14.4 Å². The van der Waals surface area contributed by atoms with E-state index in [2.05, 4.69) is 5.32 Å². The van der Waals surface area contributed by atoms with Crippen molar-refractivity contribution in [2.24, 2.45) is 0 Å². The monoisotopic (exact) mass is 343 g/mol. The van der Waals surface area contributed by atoms with Gasteiger partial charge in [-0.1, -0.05) is 0 Å². The molecule has 23 heavy (non-hydrogen) atoms. The molecule has 0 aromatic heterocycles. The Morgan fingerprint density at radius 3 is 2.83 bits per heavy atom. The molecule has 0 bridgehead atoms. The number of nitro benzene ring substituents is 1. The van der Waals surface area contributed by atoms with Crippen molar-refractivity contribution in [3.8, 4) is 0 Å². The van der Waals surface area contributed by atoms with Gasteiger partial charge in [0.05, 0.1) is 24.7 Å². The zero-order valence-corrected chi connectivity index (χ0v) is 13.3. The van der Waals surface area contributed by atoms with Crippen LogP contribution in [0.25, 0.3) is 0 Å². The first-order chi connectivity index (χ1) is 11.1. The minimum Gasteiger partial charge on any atom is -0.449 e. The number of halogens is 1. The fraction of sp³-hybridized carbons (Fsp3) is 0.500. The van der Waals surface area contributed by atoms with E-state index >= 15 is 0 Å². The van der Waals surface area contributed by atoms with E-state index in [0.29, 0.717) is 38.6 Å². The third kappa shape index (κ3) is 4.97. The van der Waals surface area contributed by atoms with Crippen LogP contribution >= 0.6 is 11.6 Å². The standard InChI is InChI=1S/C14H18ClN3O5/c15-4-1-7-23-14(19)16-12-3-2-11(10-13(12)18(20)21)17-5-8-22-9-6-17/h2-3,10H,1,4-9H2,(H,16,19). The summed E-state index contributed by atoms with van der Waals surface area (Å²) in [4.78, 5) is 24.3. The van der Waals surface area contributed by atoms with Gasteiger partial charge in [0.25, 0.3) is 5.69 Å². The van der Waals surface area contributed by atoms with E-state index in [9.17, 15) is 14.9 Å². The summed E-state index contributed by atoms with van der Waals surface area (Å²) >= 11 is 5.49. The highest BCUT2D eigenvalue weighted by atomic mass is 35.5. The Kier molecular flexibility index (Phi) is 6.42. The van der Waals surface area contributed by atoms with E-state index < -0.39 is 11.0 Å². The molecule has 0 atom stereocenters. The Morgan fingerprint density at radius 2 is 2.17 bits per heavy atom. The lowest BCUT2D eigenvalue weighted by Crippen LogP contribution is -2.36.